The van der Waals surface area contributed by atoms with Crippen molar-refractivity contribution in [1.29, 1.82) is 0 Å². The molecule has 2 fully saturated rings. The molecule has 5 rings (SSSR count). The van der Waals surface area contributed by atoms with Gasteiger partial charge >= 0.3 is 5.97 Å². The van der Waals surface area contributed by atoms with Gasteiger partial charge in [0, 0.05) is 55.8 Å². The smallest absolute Gasteiger partial charge is 0.308 e. The molecule has 256 valence electrons. The molecule has 2 aromatic rings. The fourth-order valence-corrected chi connectivity index (χ4v) is 7.33. The highest BCUT2D eigenvalue weighted by molar-refractivity contribution is 5.95. The molecule has 0 bridgehead atoms. The Bertz CT molecular complexity index is 1440. The van der Waals surface area contributed by atoms with Crippen molar-refractivity contribution in [3.63, 3.8) is 0 Å². The lowest BCUT2D eigenvalue weighted by molar-refractivity contribution is -0.884. The highest BCUT2D eigenvalue weighted by Crippen LogP contribution is 2.47. The molecule has 2 saturated heterocycles. The Labute approximate surface area is 278 Å². The first kappa shape index (κ1) is 34.5. The first-order chi connectivity index (χ1) is 22.5. The normalized spacial score (nSPS) is 21.0. The number of aliphatic carboxylic acids is 1. The second-order valence-corrected chi connectivity index (χ2v) is 14.1. The van der Waals surface area contributed by atoms with Gasteiger partial charge in [-0.2, -0.15) is 0 Å². The lowest BCUT2D eigenvalue weighted by atomic mass is 9.83. The summed E-state index contributed by atoms with van der Waals surface area (Å²) < 4.78 is 17.6. The monoisotopic (exact) mass is 651 g/mol. The van der Waals surface area contributed by atoms with Crippen molar-refractivity contribution in [2.75, 3.05) is 72.7 Å². The van der Waals surface area contributed by atoms with E-state index >= 15 is 0 Å². The van der Waals surface area contributed by atoms with Gasteiger partial charge in [0.2, 0.25) is 24.4 Å². The number of carboxylic acids is 1. The van der Waals surface area contributed by atoms with E-state index in [1.165, 1.54) is 0 Å². The molecule has 3 heterocycles. The maximum Gasteiger partial charge on any atom is 0.308 e. The molecule has 0 unspecified atom stereocenters. The maximum absolute atomic E-state index is 14.3. The lowest BCUT2D eigenvalue weighted by Crippen LogP contribution is -2.45. The van der Waals surface area contributed by atoms with Crippen molar-refractivity contribution < 1.29 is 38.2 Å². The molecule has 0 aromatic heterocycles. The summed E-state index contributed by atoms with van der Waals surface area (Å²) in [4.78, 5) is 45.4. The van der Waals surface area contributed by atoms with Crippen LogP contribution in [0.4, 0.5) is 5.69 Å². The van der Waals surface area contributed by atoms with Crippen LogP contribution in [0.1, 0.15) is 62.5 Å². The zero-order valence-corrected chi connectivity index (χ0v) is 28.6. The second-order valence-electron chi connectivity index (χ2n) is 14.1. The van der Waals surface area contributed by atoms with E-state index in [1.807, 2.05) is 34.1 Å². The number of carbonyl (C=O) groups excluding carboxylic acids is 2. The highest BCUT2D eigenvalue weighted by atomic mass is 16.7. The number of fused-ring (bicyclic) bond motifs is 1. The average Bonchev–Trinajstić information content (AvgIpc) is 3.75. The number of amides is 2. The van der Waals surface area contributed by atoms with Crippen molar-refractivity contribution in [2.24, 2.45) is 5.92 Å². The van der Waals surface area contributed by atoms with Gasteiger partial charge in [-0.1, -0.05) is 25.5 Å². The molecule has 3 atom stereocenters. The summed E-state index contributed by atoms with van der Waals surface area (Å²) in [5.74, 6) is -0.424. The Morgan fingerprint density at radius 1 is 1.13 bits per heavy atom. The minimum atomic E-state index is -0.903. The van der Waals surface area contributed by atoms with Gasteiger partial charge < -0.3 is 33.6 Å². The summed E-state index contributed by atoms with van der Waals surface area (Å²) >= 11 is 0. The van der Waals surface area contributed by atoms with Gasteiger partial charge in [-0.3, -0.25) is 19.3 Å². The molecule has 0 saturated carbocycles. The number of anilines is 1. The minimum absolute atomic E-state index is 0.0476. The molecular weight excluding hydrogens is 600 g/mol. The van der Waals surface area contributed by atoms with Crippen LogP contribution in [0.2, 0.25) is 0 Å². The van der Waals surface area contributed by atoms with E-state index in [4.69, 9.17) is 14.2 Å². The molecule has 0 aliphatic carbocycles. The molecule has 2 amide bonds. The number of likely N-dealkylation sites (tertiary alicyclic amines) is 2. The van der Waals surface area contributed by atoms with Crippen molar-refractivity contribution in [2.45, 2.75) is 64.0 Å². The standard InChI is InChI=1S/C36H50N4O7/c1-6-7-17-39(27-12-8-11-25(18-27)23-40(2,3)4)33(42)22-38-21-28(26-19-30(45-5)35-31(20-26)46-24-47-35)34(36(43)44)29(38)13-9-15-37-16-10-14-32(37)41/h8,11-12,18-20,28-29,34H,6-7,9-10,13-17,21-24H2,1-5H3/p+1/t28-,29+,34-/m1/s1. The number of carbonyl (C=O) groups is 3. The Kier molecular flexibility index (Phi) is 11.0. The quantitative estimate of drug-likeness (QED) is 0.284. The number of hydrogen-bond donors (Lipinski definition) is 1. The predicted molar refractivity (Wildman–Crippen MR) is 179 cm³/mol. The zero-order valence-electron chi connectivity index (χ0n) is 28.6. The van der Waals surface area contributed by atoms with Gasteiger partial charge in [-0.15, -0.1) is 0 Å². The second kappa shape index (κ2) is 14.9. The van der Waals surface area contributed by atoms with Crippen LogP contribution in [0.15, 0.2) is 36.4 Å². The summed E-state index contributed by atoms with van der Waals surface area (Å²) in [6, 6.07) is 11.5. The number of carboxylic acid groups (broad SMARTS) is 1. The lowest BCUT2D eigenvalue weighted by Gasteiger charge is -2.30. The van der Waals surface area contributed by atoms with Crippen LogP contribution in [0.3, 0.4) is 0 Å². The third-order valence-corrected chi connectivity index (χ3v) is 9.50. The summed E-state index contributed by atoms with van der Waals surface area (Å²) in [5, 5.41) is 10.7. The molecule has 11 nitrogen and oxygen atoms in total. The van der Waals surface area contributed by atoms with Crippen molar-refractivity contribution in [3.8, 4) is 17.2 Å². The summed E-state index contributed by atoms with van der Waals surface area (Å²) in [7, 11) is 7.98. The van der Waals surface area contributed by atoms with E-state index in [1.54, 1.807) is 7.11 Å². The van der Waals surface area contributed by atoms with Crippen LogP contribution in [-0.2, 0) is 20.9 Å². The molecule has 3 aliphatic heterocycles. The van der Waals surface area contributed by atoms with Crippen molar-refractivity contribution in [1.82, 2.24) is 9.80 Å². The average molecular weight is 652 g/mol. The number of rotatable bonds is 15. The first-order valence-electron chi connectivity index (χ1n) is 16.9. The van der Waals surface area contributed by atoms with Gasteiger partial charge in [-0.05, 0) is 55.5 Å². The minimum Gasteiger partial charge on any atom is -0.493 e. The summed E-state index contributed by atoms with van der Waals surface area (Å²) in [6.45, 7) is 5.42. The Morgan fingerprint density at radius 2 is 1.94 bits per heavy atom. The van der Waals surface area contributed by atoms with Gasteiger partial charge in [-0.25, -0.2) is 0 Å². The van der Waals surface area contributed by atoms with E-state index in [0.29, 0.717) is 56.1 Å². The number of hydrogen-bond acceptors (Lipinski definition) is 7. The molecule has 47 heavy (non-hydrogen) atoms. The van der Waals surface area contributed by atoms with Crippen LogP contribution < -0.4 is 19.1 Å². The molecule has 0 spiro atoms. The highest BCUT2D eigenvalue weighted by Gasteiger charge is 2.47. The topological polar surface area (TPSA) is 109 Å². The molecule has 1 N–H and O–H groups in total. The number of methoxy groups -OCH3 is 1. The number of nitrogens with zero attached hydrogens (tertiary/aromatic N) is 4. The molecule has 11 heteroatoms. The van der Waals surface area contributed by atoms with E-state index in [-0.39, 0.29) is 25.2 Å². The Morgan fingerprint density at radius 3 is 2.62 bits per heavy atom. The van der Waals surface area contributed by atoms with Crippen LogP contribution in [0.5, 0.6) is 17.2 Å². The largest absolute Gasteiger partial charge is 0.493 e. The van der Waals surface area contributed by atoms with Gasteiger partial charge in [0.25, 0.3) is 0 Å². The van der Waals surface area contributed by atoms with Crippen molar-refractivity contribution in [3.05, 3.63) is 47.5 Å². The fraction of sp³-hybridized carbons (Fsp3) is 0.583. The predicted octanol–water partition coefficient (Wildman–Crippen LogP) is 4.33. The van der Waals surface area contributed by atoms with Crippen LogP contribution in [0, 0.1) is 5.92 Å². The SMILES string of the molecule is CCCCN(C(=O)CN1C[C@H](c2cc(OC)c3c(c2)OCO3)[C@@H](C(=O)O)[C@@H]1CCCN1CCCC1=O)c1cccc(C[N+](C)(C)C)c1. The molecular formula is C36H51N4O7+. The first-order valence-corrected chi connectivity index (χ1v) is 16.9. The third-order valence-electron chi connectivity index (χ3n) is 9.50. The fourth-order valence-electron chi connectivity index (χ4n) is 7.33. The van der Waals surface area contributed by atoms with E-state index in [0.717, 1.165) is 53.6 Å². The Hall–Kier alpha value is -3.83. The zero-order chi connectivity index (χ0) is 33.7. The molecule has 2 aromatic carbocycles. The van der Waals surface area contributed by atoms with Gasteiger partial charge in [0.15, 0.2) is 11.5 Å². The number of unbranched alkanes of at least 4 members (excludes halogenated alkanes) is 1. The summed E-state index contributed by atoms with van der Waals surface area (Å²) in [5.41, 5.74) is 2.80. The third kappa shape index (κ3) is 8.19. The van der Waals surface area contributed by atoms with Gasteiger partial charge in [0.05, 0.1) is 40.7 Å². The van der Waals surface area contributed by atoms with E-state index in [9.17, 15) is 19.5 Å². The van der Waals surface area contributed by atoms with E-state index in [2.05, 4.69) is 45.1 Å². The summed E-state index contributed by atoms with van der Waals surface area (Å²) in [6.07, 6.45) is 4.45. The van der Waals surface area contributed by atoms with Crippen LogP contribution in [0.25, 0.3) is 0 Å². The van der Waals surface area contributed by atoms with Crippen molar-refractivity contribution >= 4 is 23.5 Å². The number of benzene rings is 2. The Balaban J connectivity index is 1.44. The van der Waals surface area contributed by atoms with E-state index < -0.39 is 23.8 Å². The maximum atomic E-state index is 14.3. The van der Waals surface area contributed by atoms with Crippen LogP contribution >= 0.6 is 0 Å². The molecule has 3 aliphatic rings. The number of quaternary nitrogens is 1. The number of ether oxygens (including phenoxy) is 3. The van der Waals surface area contributed by atoms with Crippen LogP contribution in [-0.4, -0.2) is 111 Å². The van der Waals surface area contributed by atoms with Gasteiger partial charge in [0.1, 0.15) is 6.54 Å². The molecule has 0 radical (unpaired) electrons.